The molecule has 0 fully saturated rings. The van der Waals surface area contributed by atoms with Crippen molar-refractivity contribution in [2.75, 3.05) is 12.8 Å². The van der Waals surface area contributed by atoms with Gasteiger partial charge in [0.15, 0.2) is 0 Å². The van der Waals surface area contributed by atoms with E-state index in [2.05, 4.69) is 0 Å². The highest BCUT2D eigenvalue weighted by Crippen LogP contribution is 2.21. The number of nitrogens with zero attached hydrogens (tertiary/aromatic N) is 1. The molecular weight excluding hydrogens is 276 g/mol. The number of anilines is 1. The molecule has 0 saturated carbocycles. The Balaban J connectivity index is 2.11. The molecule has 0 aromatic heterocycles. The van der Waals surface area contributed by atoms with Crippen LogP contribution in [0.3, 0.4) is 0 Å². The fraction of sp³-hybridized carbons (Fsp3) is 0.133. The van der Waals surface area contributed by atoms with Crippen LogP contribution in [0.2, 0.25) is 5.02 Å². The van der Waals surface area contributed by atoms with Crippen molar-refractivity contribution in [1.82, 2.24) is 4.90 Å². The fourth-order valence-electron chi connectivity index (χ4n) is 1.83. The van der Waals surface area contributed by atoms with Gasteiger partial charge in [-0.15, -0.1) is 0 Å². The van der Waals surface area contributed by atoms with E-state index >= 15 is 0 Å². The summed E-state index contributed by atoms with van der Waals surface area (Å²) in [6, 6.07) is 11.6. The van der Waals surface area contributed by atoms with Gasteiger partial charge in [0, 0.05) is 19.2 Å². The first-order valence-corrected chi connectivity index (χ1v) is 6.43. The van der Waals surface area contributed by atoms with Crippen LogP contribution < -0.4 is 5.73 Å². The summed E-state index contributed by atoms with van der Waals surface area (Å²) >= 11 is 5.92. The quantitative estimate of drug-likeness (QED) is 0.854. The fourth-order valence-corrected chi connectivity index (χ4v) is 2.01. The van der Waals surface area contributed by atoms with Crippen LogP contribution in [0, 0.1) is 0 Å². The normalized spacial score (nSPS) is 10.3. The van der Waals surface area contributed by atoms with Crippen molar-refractivity contribution in [3.63, 3.8) is 0 Å². The number of phenolic OH excluding ortho intramolecular Hbond substituents is 1. The number of halogens is 1. The van der Waals surface area contributed by atoms with Crippen LogP contribution in [0.5, 0.6) is 5.75 Å². The van der Waals surface area contributed by atoms with Crippen LogP contribution in [0.1, 0.15) is 15.9 Å². The predicted octanol–water partition coefficient (Wildman–Crippen LogP) is 2.90. The molecule has 0 heterocycles. The molecule has 0 aliphatic rings. The molecule has 104 valence electrons. The number of benzene rings is 2. The number of aromatic hydroxyl groups is 1. The van der Waals surface area contributed by atoms with Gasteiger partial charge in [0.1, 0.15) is 5.75 Å². The SMILES string of the molecule is CN(Cc1ccc(O)cc1)C(=O)c1ccc(N)c(Cl)c1. The molecule has 0 atom stereocenters. The van der Waals surface area contributed by atoms with E-state index in [1.54, 1.807) is 54.4 Å². The number of hydrogen-bond donors (Lipinski definition) is 2. The number of nitrogen functional groups attached to an aromatic ring is 1. The van der Waals surface area contributed by atoms with Crippen LogP contribution >= 0.6 is 11.6 Å². The summed E-state index contributed by atoms with van der Waals surface area (Å²) < 4.78 is 0. The standard InChI is InChI=1S/C15H15ClN2O2/c1-18(9-10-2-5-12(19)6-3-10)15(20)11-4-7-14(17)13(16)8-11/h2-8,19H,9,17H2,1H3. The average molecular weight is 291 g/mol. The molecule has 0 unspecified atom stereocenters. The second-order valence-electron chi connectivity index (χ2n) is 4.56. The van der Waals surface area contributed by atoms with Crippen molar-refractivity contribution in [3.8, 4) is 5.75 Å². The predicted molar refractivity (Wildman–Crippen MR) is 79.8 cm³/mol. The van der Waals surface area contributed by atoms with Crippen molar-refractivity contribution < 1.29 is 9.90 Å². The third kappa shape index (κ3) is 3.22. The van der Waals surface area contributed by atoms with Gasteiger partial charge in [0.05, 0.1) is 10.7 Å². The Kier molecular flexibility index (Phi) is 4.15. The summed E-state index contributed by atoms with van der Waals surface area (Å²) in [5.41, 5.74) is 7.49. The van der Waals surface area contributed by atoms with E-state index in [-0.39, 0.29) is 11.7 Å². The summed E-state index contributed by atoms with van der Waals surface area (Å²) in [5, 5.41) is 9.60. The molecule has 0 aliphatic carbocycles. The van der Waals surface area contributed by atoms with Crippen LogP contribution in [0.25, 0.3) is 0 Å². The van der Waals surface area contributed by atoms with E-state index in [0.717, 1.165) is 5.56 Å². The van der Waals surface area contributed by atoms with Crippen LogP contribution in [-0.2, 0) is 6.54 Å². The highest BCUT2D eigenvalue weighted by molar-refractivity contribution is 6.33. The minimum absolute atomic E-state index is 0.139. The Morgan fingerprint density at radius 1 is 1.25 bits per heavy atom. The lowest BCUT2D eigenvalue weighted by Crippen LogP contribution is -2.26. The zero-order valence-corrected chi connectivity index (χ0v) is 11.8. The van der Waals surface area contributed by atoms with Crippen molar-refractivity contribution in [3.05, 3.63) is 58.6 Å². The summed E-state index contributed by atoms with van der Waals surface area (Å²) in [6.45, 7) is 0.446. The Hall–Kier alpha value is -2.20. The van der Waals surface area contributed by atoms with Gasteiger partial charge in [-0.1, -0.05) is 23.7 Å². The molecule has 2 aromatic rings. The lowest BCUT2D eigenvalue weighted by atomic mass is 10.1. The number of nitrogens with two attached hydrogens (primary N) is 1. The van der Waals surface area contributed by atoms with Gasteiger partial charge in [-0.2, -0.15) is 0 Å². The van der Waals surface area contributed by atoms with E-state index in [1.807, 2.05) is 0 Å². The largest absolute Gasteiger partial charge is 0.508 e. The first-order valence-electron chi connectivity index (χ1n) is 6.06. The third-order valence-corrected chi connectivity index (χ3v) is 3.28. The zero-order chi connectivity index (χ0) is 14.7. The Labute approximate surface area is 122 Å². The maximum Gasteiger partial charge on any atom is 0.253 e. The highest BCUT2D eigenvalue weighted by atomic mass is 35.5. The van der Waals surface area contributed by atoms with Crippen LogP contribution in [-0.4, -0.2) is 23.0 Å². The number of phenols is 1. The molecule has 0 bridgehead atoms. The maximum atomic E-state index is 12.3. The second-order valence-corrected chi connectivity index (χ2v) is 4.97. The summed E-state index contributed by atoms with van der Waals surface area (Å²) in [4.78, 5) is 13.8. The van der Waals surface area contributed by atoms with E-state index in [4.69, 9.17) is 17.3 Å². The summed E-state index contributed by atoms with van der Waals surface area (Å²) in [5.74, 6) is 0.0630. The van der Waals surface area contributed by atoms with Crippen molar-refractivity contribution >= 4 is 23.2 Å². The molecule has 0 aliphatic heterocycles. The Bertz CT molecular complexity index is 626. The molecule has 1 amide bonds. The van der Waals surface area contributed by atoms with Gasteiger partial charge in [-0.3, -0.25) is 4.79 Å². The van der Waals surface area contributed by atoms with E-state index in [0.29, 0.717) is 22.8 Å². The topological polar surface area (TPSA) is 66.6 Å². The number of carbonyl (C=O) groups is 1. The van der Waals surface area contributed by atoms with Gasteiger partial charge in [0.25, 0.3) is 5.91 Å². The lowest BCUT2D eigenvalue weighted by molar-refractivity contribution is 0.0785. The average Bonchev–Trinajstić information content (AvgIpc) is 2.43. The zero-order valence-electron chi connectivity index (χ0n) is 11.0. The first kappa shape index (κ1) is 14.2. The van der Waals surface area contributed by atoms with Gasteiger partial charge in [0.2, 0.25) is 0 Å². The minimum Gasteiger partial charge on any atom is -0.508 e. The Morgan fingerprint density at radius 2 is 1.90 bits per heavy atom. The van der Waals surface area contributed by atoms with E-state index in [9.17, 15) is 9.90 Å². The third-order valence-electron chi connectivity index (χ3n) is 2.95. The molecular formula is C15H15ClN2O2. The molecule has 2 aromatic carbocycles. The Morgan fingerprint density at radius 3 is 2.50 bits per heavy atom. The minimum atomic E-state index is -0.139. The van der Waals surface area contributed by atoms with E-state index < -0.39 is 0 Å². The van der Waals surface area contributed by atoms with Gasteiger partial charge < -0.3 is 15.7 Å². The molecule has 3 N–H and O–H groups in total. The van der Waals surface area contributed by atoms with E-state index in [1.165, 1.54) is 0 Å². The van der Waals surface area contributed by atoms with Crippen LogP contribution in [0.15, 0.2) is 42.5 Å². The lowest BCUT2D eigenvalue weighted by Gasteiger charge is -2.17. The monoisotopic (exact) mass is 290 g/mol. The highest BCUT2D eigenvalue weighted by Gasteiger charge is 2.13. The number of rotatable bonds is 3. The molecule has 0 spiro atoms. The maximum absolute atomic E-state index is 12.3. The van der Waals surface area contributed by atoms with Crippen molar-refractivity contribution in [2.45, 2.75) is 6.54 Å². The van der Waals surface area contributed by atoms with Crippen LogP contribution in [0.4, 0.5) is 5.69 Å². The molecule has 0 radical (unpaired) electrons. The van der Waals surface area contributed by atoms with Crippen molar-refractivity contribution in [1.29, 1.82) is 0 Å². The first-order chi connectivity index (χ1) is 9.47. The molecule has 2 rings (SSSR count). The van der Waals surface area contributed by atoms with Gasteiger partial charge in [-0.25, -0.2) is 0 Å². The van der Waals surface area contributed by atoms with Crippen molar-refractivity contribution in [2.24, 2.45) is 0 Å². The summed E-state index contributed by atoms with van der Waals surface area (Å²) in [7, 11) is 1.71. The second kappa shape index (κ2) is 5.84. The number of amides is 1. The number of carbonyl (C=O) groups excluding carboxylic acids is 1. The van der Waals surface area contributed by atoms with Gasteiger partial charge in [-0.05, 0) is 35.9 Å². The molecule has 20 heavy (non-hydrogen) atoms. The molecule has 5 heteroatoms. The van der Waals surface area contributed by atoms with Gasteiger partial charge >= 0.3 is 0 Å². The molecule has 4 nitrogen and oxygen atoms in total. The summed E-state index contributed by atoms with van der Waals surface area (Å²) in [6.07, 6.45) is 0. The number of hydrogen-bond acceptors (Lipinski definition) is 3. The molecule has 0 saturated heterocycles. The smallest absolute Gasteiger partial charge is 0.253 e.